The second-order valence-electron chi connectivity index (χ2n) is 6.23. The normalized spacial score (nSPS) is 15.4. The predicted molar refractivity (Wildman–Crippen MR) is 97.1 cm³/mol. The highest BCUT2D eigenvalue weighted by molar-refractivity contribution is 14.1. The van der Waals surface area contributed by atoms with E-state index in [1.165, 1.54) is 17.2 Å². The Morgan fingerprint density at radius 3 is 2.58 bits per heavy atom. The molecule has 0 aromatic heterocycles. The highest BCUT2D eigenvalue weighted by Gasteiger charge is 2.43. The monoisotopic (exact) mass is 445 g/mol. The number of aliphatic hydroxyl groups excluding tert-OH is 1. The van der Waals surface area contributed by atoms with E-state index in [4.69, 9.17) is 4.84 Å². The van der Waals surface area contributed by atoms with E-state index in [-0.39, 0.29) is 24.3 Å². The fourth-order valence-electron chi connectivity index (χ4n) is 2.49. The molecule has 1 aliphatic rings. The summed E-state index contributed by atoms with van der Waals surface area (Å²) in [5, 5.41) is 10.8. The fraction of sp³-hybridized carbons (Fsp3) is 0.333. The van der Waals surface area contributed by atoms with Gasteiger partial charge in [-0.25, -0.2) is 13.8 Å². The van der Waals surface area contributed by atoms with E-state index in [0.29, 0.717) is 5.69 Å². The van der Waals surface area contributed by atoms with Crippen molar-refractivity contribution in [2.45, 2.75) is 19.8 Å². The summed E-state index contributed by atoms with van der Waals surface area (Å²) >= 11 is 2.20. The summed E-state index contributed by atoms with van der Waals surface area (Å²) in [6.07, 6.45) is 1.74. The third kappa shape index (κ3) is 3.55. The molecular weight excluding hydrogens is 427 g/mol. The zero-order valence-corrected chi connectivity index (χ0v) is 15.4. The minimum Gasteiger partial charge on any atom is -0.396 e. The molecule has 1 aliphatic carbocycles. The van der Waals surface area contributed by atoms with Crippen LogP contribution in [-0.2, 0) is 4.84 Å². The number of anilines is 2. The van der Waals surface area contributed by atoms with Gasteiger partial charge in [0.05, 0.1) is 18.9 Å². The standard InChI is InChI=1S/C18H18F2INO2/c1-12-9-13(21)5-6-15(12)22(24-11-18(10-23)7-8-18)16-4-2-3-14(19)17(16)20/h2-6,9,23H,7-8,10-11H2,1H3. The number of hydrogen-bond acceptors (Lipinski definition) is 3. The molecule has 0 bridgehead atoms. The molecule has 3 nitrogen and oxygen atoms in total. The highest BCUT2D eigenvalue weighted by Crippen LogP contribution is 2.46. The van der Waals surface area contributed by atoms with Gasteiger partial charge in [0.1, 0.15) is 5.69 Å². The van der Waals surface area contributed by atoms with Crippen LogP contribution in [0.1, 0.15) is 18.4 Å². The molecule has 6 heteroatoms. The molecule has 1 saturated carbocycles. The Morgan fingerprint density at radius 1 is 1.21 bits per heavy atom. The first-order valence-electron chi connectivity index (χ1n) is 7.70. The van der Waals surface area contributed by atoms with Gasteiger partial charge >= 0.3 is 0 Å². The van der Waals surface area contributed by atoms with Crippen LogP contribution in [0.15, 0.2) is 36.4 Å². The number of benzene rings is 2. The molecule has 2 aromatic carbocycles. The van der Waals surface area contributed by atoms with Crippen molar-refractivity contribution in [1.82, 2.24) is 0 Å². The summed E-state index contributed by atoms with van der Waals surface area (Å²) in [7, 11) is 0. The number of rotatable bonds is 6. The quantitative estimate of drug-likeness (QED) is 0.516. The van der Waals surface area contributed by atoms with Crippen LogP contribution >= 0.6 is 22.6 Å². The third-order valence-corrected chi connectivity index (χ3v) is 4.99. The van der Waals surface area contributed by atoms with Crippen molar-refractivity contribution in [3.63, 3.8) is 0 Å². The Morgan fingerprint density at radius 2 is 1.96 bits per heavy atom. The molecule has 0 radical (unpaired) electrons. The van der Waals surface area contributed by atoms with Crippen LogP contribution in [0.2, 0.25) is 0 Å². The molecule has 0 spiro atoms. The van der Waals surface area contributed by atoms with Crippen LogP contribution in [0, 0.1) is 27.5 Å². The van der Waals surface area contributed by atoms with Crippen molar-refractivity contribution in [2.75, 3.05) is 18.3 Å². The Labute approximate surface area is 153 Å². The average Bonchev–Trinajstić information content (AvgIpc) is 3.33. The molecule has 24 heavy (non-hydrogen) atoms. The summed E-state index contributed by atoms with van der Waals surface area (Å²) in [5.74, 6) is -1.88. The van der Waals surface area contributed by atoms with Crippen LogP contribution in [0.5, 0.6) is 0 Å². The maximum absolute atomic E-state index is 14.3. The van der Waals surface area contributed by atoms with Crippen molar-refractivity contribution in [2.24, 2.45) is 5.41 Å². The van der Waals surface area contributed by atoms with E-state index >= 15 is 0 Å². The molecule has 0 aliphatic heterocycles. The van der Waals surface area contributed by atoms with E-state index < -0.39 is 11.6 Å². The Bertz CT molecular complexity index is 750. The number of aliphatic hydroxyl groups is 1. The SMILES string of the molecule is Cc1cc(I)ccc1N(OCC1(CO)CC1)c1cccc(F)c1F. The minimum atomic E-state index is -0.954. The second-order valence-corrected chi connectivity index (χ2v) is 7.48. The van der Waals surface area contributed by atoms with Crippen LogP contribution in [-0.4, -0.2) is 18.3 Å². The van der Waals surface area contributed by atoms with Crippen molar-refractivity contribution in [3.05, 3.63) is 57.2 Å². The van der Waals surface area contributed by atoms with Gasteiger partial charge in [-0.05, 0) is 78.3 Å². The Hall–Kier alpha value is -1.25. The lowest BCUT2D eigenvalue weighted by atomic mass is 10.1. The highest BCUT2D eigenvalue weighted by atomic mass is 127. The summed E-state index contributed by atoms with van der Waals surface area (Å²) in [6.45, 7) is 2.17. The lowest BCUT2D eigenvalue weighted by molar-refractivity contribution is 0.0603. The zero-order chi connectivity index (χ0) is 17.3. The number of hydrogen-bond donors (Lipinski definition) is 1. The van der Waals surface area contributed by atoms with Gasteiger partial charge in [0.25, 0.3) is 0 Å². The maximum Gasteiger partial charge on any atom is 0.184 e. The zero-order valence-electron chi connectivity index (χ0n) is 13.2. The van der Waals surface area contributed by atoms with E-state index in [2.05, 4.69) is 22.6 Å². The third-order valence-electron chi connectivity index (χ3n) is 4.32. The van der Waals surface area contributed by atoms with Crippen molar-refractivity contribution in [1.29, 1.82) is 0 Å². The maximum atomic E-state index is 14.3. The van der Waals surface area contributed by atoms with E-state index in [9.17, 15) is 13.9 Å². The number of halogens is 3. The van der Waals surface area contributed by atoms with Crippen molar-refractivity contribution >= 4 is 34.0 Å². The van der Waals surface area contributed by atoms with Crippen molar-refractivity contribution < 1.29 is 18.7 Å². The second kappa shape index (κ2) is 6.93. The van der Waals surface area contributed by atoms with Gasteiger partial charge in [-0.2, -0.15) is 0 Å². The van der Waals surface area contributed by atoms with E-state index in [1.807, 2.05) is 25.1 Å². The van der Waals surface area contributed by atoms with Gasteiger partial charge in [0, 0.05) is 8.99 Å². The Kier molecular flexibility index (Phi) is 5.08. The van der Waals surface area contributed by atoms with Gasteiger partial charge < -0.3 is 5.11 Å². The molecule has 1 fully saturated rings. The molecule has 0 saturated heterocycles. The molecule has 1 N–H and O–H groups in total. The van der Waals surface area contributed by atoms with E-state index in [1.54, 1.807) is 0 Å². The van der Waals surface area contributed by atoms with Gasteiger partial charge in [-0.1, -0.05) is 6.07 Å². The largest absolute Gasteiger partial charge is 0.396 e. The fourth-order valence-corrected chi connectivity index (χ4v) is 3.14. The predicted octanol–water partition coefficient (Wildman–Crippen LogP) is 4.72. The topological polar surface area (TPSA) is 32.7 Å². The van der Waals surface area contributed by atoms with Gasteiger partial charge in [0.2, 0.25) is 0 Å². The molecular formula is C18H18F2INO2. The molecule has 2 aromatic rings. The molecule has 0 unspecified atom stereocenters. The molecule has 0 amide bonds. The van der Waals surface area contributed by atoms with Crippen LogP contribution in [0.25, 0.3) is 0 Å². The molecule has 0 atom stereocenters. The summed E-state index contributed by atoms with van der Waals surface area (Å²) in [6, 6.07) is 9.66. The number of nitrogens with zero attached hydrogens (tertiary/aromatic N) is 1. The van der Waals surface area contributed by atoms with Crippen molar-refractivity contribution in [3.8, 4) is 0 Å². The van der Waals surface area contributed by atoms with E-state index in [0.717, 1.165) is 28.0 Å². The molecule has 0 heterocycles. The lowest BCUT2D eigenvalue weighted by Crippen LogP contribution is -2.26. The lowest BCUT2D eigenvalue weighted by Gasteiger charge is -2.28. The van der Waals surface area contributed by atoms with Crippen LogP contribution in [0.4, 0.5) is 20.2 Å². The van der Waals surface area contributed by atoms with Crippen LogP contribution in [0.3, 0.4) is 0 Å². The smallest absolute Gasteiger partial charge is 0.184 e. The summed E-state index contributed by atoms with van der Waals surface area (Å²) in [5.41, 5.74) is 1.29. The first-order chi connectivity index (χ1) is 11.5. The average molecular weight is 445 g/mol. The first-order valence-corrected chi connectivity index (χ1v) is 8.78. The van der Waals surface area contributed by atoms with Gasteiger partial charge in [-0.3, -0.25) is 4.84 Å². The minimum absolute atomic E-state index is 0.0213. The molecule has 128 valence electrons. The Balaban J connectivity index is 1.98. The molecule has 3 rings (SSSR count). The van der Waals surface area contributed by atoms with Gasteiger partial charge in [-0.15, -0.1) is 0 Å². The summed E-state index contributed by atoms with van der Waals surface area (Å²) in [4.78, 5) is 5.85. The number of aryl methyl sites for hydroxylation is 1. The summed E-state index contributed by atoms with van der Waals surface area (Å²) < 4.78 is 29.0. The van der Waals surface area contributed by atoms with Crippen LogP contribution < -0.4 is 5.06 Å². The first kappa shape index (κ1) is 17.6. The van der Waals surface area contributed by atoms with Gasteiger partial charge in [0.15, 0.2) is 11.6 Å².